The molecule has 3 aromatic heterocycles. The number of aryl methyl sites for hydroxylation is 3. The number of rotatable bonds is 6. The fourth-order valence-electron chi connectivity index (χ4n) is 4.91. The summed E-state index contributed by atoms with van der Waals surface area (Å²) in [6.07, 6.45) is 0. The molecule has 2 aromatic carbocycles. The van der Waals surface area contributed by atoms with Gasteiger partial charge in [-0.15, -0.1) is 10.2 Å². The number of hydrogen-bond donors (Lipinski definition) is 0. The molecule has 0 aliphatic rings. The van der Waals surface area contributed by atoms with Crippen molar-refractivity contribution < 1.29 is 4.79 Å². The molecule has 0 amide bonds. The van der Waals surface area contributed by atoms with E-state index in [-0.39, 0.29) is 17.1 Å². The Bertz CT molecular complexity index is 1650. The minimum absolute atomic E-state index is 0.0481. The van der Waals surface area contributed by atoms with Crippen LogP contribution in [0.3, 0.4) is 0 Å². The molecule has 0 atom stereocenters. The fourth-order valence-corrected chi connectivity index (χ4v) is 5.73. The van der Waals surface area contributed by atoms with E-state index in [4.69, 9.17) is 0 Å². The fraction of sp³-hybridized carbons (Fsp3) is 0.259. The van der Waals surface area contributed by atoms with Crippen LogP contribution in [0, 0.1) is 27.7 Å². The van der Waals surface area contributed by atoms with E-state index in [0.717, 1.165) is 45.8 Å². The zero-order valence-electron chi connectivity index (χ0n) is 20.5. The summed E-state index contributed by atoms with van der Waals surface area (Å²) in [4.78, 5) is 26.8. The third-order valence-corrected chi connectivity index (χ3v) is 7.51. The van der Waals surface area contributed by atoms with Crippen molar-refractivity contribution in [2.45, 2.75) is 46.3 Å². The van der Waals surface area contributed by atoms with Crippen LogP contribution < -0.4 is 5.56 Å². The predicted octanol–water partition coefficient (Wildman–Crippen LogP) is 5.06. The van der Waals surface area contributed by atoms with Crippen LogP contribution in [-0.2, 0) is 6.54 Å². The van der Waals surface area contributed by atoms with E-state index >= 15 is 0 Å². The van der Waals surface area contributed by atoms with Gasteiger partial charge in [0.05, 0.1) is 22.3 Å². The van der Waals surface area contributed by atoms with Crippen LogP contribution in [0.15, 0.2) is 58.5 Å². The smallest absolute Gasteiger partial charge is 0.267 e. The quantitative estimate of drug-likeness (QED) is 0.248. The molecule has 0 N–H and O–H groups in total. The van der Waals surface area contributed by atoms with Gasteiger partial charge in [-0.3, -0.25) is 14.0 Å². The Kier molecular flexibility index (Phi) is 5.84. The summed E-state index contributed by atoms with van der Waals surface area (Å²) in [7, 11) is 0. The lowest BCUT2D eigenvalue weighted by atomic mass is 10.1. The third kappa shape index (κ3) is 3.69. The van der Waals surface area contributed by atoms with Gasteiger partial charge in [0.1, 0.15) is 0 Å². The second-order valence-electron chi connectivity index (χ2n) is 8.76. The summed E-state index contributed by atoms with van der Waals surface area (Å²) < 4.78 is 5.66. The molecule has 0 unspecified atom stereocenters. The molecule has 5 aromatic rings. The predicted molar refractivity (Wildman–Crippen MR) is 140 cm³/mol. The first-order valence-corrected chi connectivity index (χ1v) is 12.6. The average Bonchev–Trinajstić information content (AvgIpc) is 3.39. The number of hydrogen-bond acceptors (Lipinski definition) is 5. The minimum atomic E-state index is -0.141. The number of ketones is 1. The largest absolute Gasteiger partial charge is 0.349 e. The van der Waals surface area contributed by atoms with Crippen molar-refractivity contribution in [3.8, 4) is 5.69 Å². The lowest BCUT2D eigenvalue weighted by Crippen LogP contribution is -2.23. The Labute approximate surface area is 207 Å². The van der Waals surface area contributed by atoms with Gasteiger partial charge >= 0.3 is 0 Å². The summed E-state index contributed by atoms with van der Waals surface area (Å²) >= 11 is 1.34. The van der Waals surface area contributed by atoms with Crippen molar-refractivity contribution in [2.75, 3.05) is 5.75 Å². The lowest BCUT2D eigenvalue weighted by molar-refractivity contribution is 0.102. The molecule has 35 heavy (non-hydrogen) atoms. The van der Waals surface area contributed by atoms with Crippen molar-refractivity contribution >= 4 is 34.2 Å². The van der Waals surface area contributed by atoms with Crippen LogP contribution in [0.4, 0.5) is 0 Å². The molecule has 0 aliphatic heterocycles. The number of carbonyl (C=O) groups excluding carboxylic acids is 1. The van der Waals surface area contributed by atoms with Crippen molar-refractivity contribution in [3.63, 3.8) is 0 Å². The molecule has 0 spiro atoms. The molecular formula is C27H27N5O2S. The highest BCUT2D eigenvalue weighted by atomic mass is 32.2. The van der Waals surface area contributed by atoms with Gasteiger partial charge in [-0.05, 0) is 63.9 Å². The Balaban J connectivity index is 1.64. The number of aromatic nitrogens is 5. The molecule has 8 heteroatoms. The minimum Gasteiger partial charge on any atom is -0.349 e. The van der Waals surface area contributed by atoms with Crippen molar-refractivity contribution in [3.05, 3.63) is 87.0 Å². The maximum atomic E-state index is 13.6. The van der Waals surface area contributed by atoms with E-state index in [1.54, 1.807) is 4.57 Å². The van der Waals surface area contributed by atoms with E-state index in [1.165, 1.54) is 11.8 Å². The number of thioether (sulfide) groups is 1. The molecule has 0 bridgehead atoms. The van der Waals surface area contributed by atoms with Crippen LogP contribution in [0.25, 0.3) is 22.4 Å². The highest BCUT2D eigenvalue weighted by Crippen LogP contribution is 2.27. The second-order valence-corrected chi connectivity index (χ2v) is 9.70. The molecule has 3 heterocycles. The number of fused-ring (bicyclic) bond motifs is 3. The van der Waals surface area contributed by atoms with Gasteiger partial charge in [0.15, 0.2) is 10.9 Å². The SMILES string of the molecule is CCn1c(C)cc(C(=O)CSc2nnc3n(-c4c(C)cccc4C)c(=O)c4ccccc4n23)c1C. The van der Waals surface area contributed by atoms with E-state index in [0.29, 0.717) is 16.3 Å². The monoisotopic (exact) mass is 485 g/mol. The maximum absolute atomic E-state index is 13.6. The number of Topliss-reactive ketones (excluding diaryl/α,β-unsaturated/α-hetero) is 1. The Hall–Kier alpha value is -3.65. The summed E-state index contributed by atoms with van der Waals surface area (Å²) in [5.74, 6) is 0.711. The number of para-hydroxylation sites is 2. The zero-order chi connectivity index (χ0) is 24.9. The first-order valence-electron chi connectivity index (χ1n) is 11.6. The van der Waals surface area contributed by atoms with Gasteiger partial charge < -0.3 is 4.57 Å². The topological polar surface area (TPSA) is 74.2 Å². The van der Waals surface area contributed by atoms with Gasteiger partial charge in [-0.25, -0.2) is 4.57 Å². The molecule has 0 fully saturated rings. The van der Waals surface area contributed by atoms with Crippen LogP contribution in [0.1, 0.15) is 39.8 Å². The molecule has 178 valence electrons. The van der Waals surface area contributed by atoms with Crippen LogP contribution in [0.2, 0.25) is 0 Å². The van der Waals surface area contributed by atoms with Crippen molar-refractivity contribution in [1.29, 1.82) is 0 Å². The molecule has 0 saturated heterocycles. The number of carbonyl (C=O) groups is 1. The lowest BCUT2D eigenvalue weighted by Gasteiger charge is -2.15. The summed E-state index contributed by atoms with van der Waals surface area (Å²) in [5.41, 5.74) is 6.14. The second kappa shape index (κ2) is 8.85. The number of nitrogens with zero attached hydrogens (tertiary/aromatic N) is 5. The first-order chi connectivity index (χ1) is 16.8. The maximum Gasteiger partial charge on any atom is 0.267 e. The molecule has 7 nitrogen and oxygen atoms in total. The summed E-state index contributed by atoms with van der Waals surface area (Å²) in [5, 5.41) is 9.99. The van der Waals surface area contributed by atoms with Gasteiger partial charge in [0, 0.05) is 23.5 Å². The zero-order valence-corrected chi connectivity index (χ0v) is 21.3. The van der Waals surface area contributed by atoms with Gasteiger partial charge in [0.25, 0.3) is 5.56 Å². The third-order valence-electron chi connectivity index (χ3n) is 6.58. The summed E-state index contributed by atoms with van der Waals surface area (Å²) in [6, 6.07) is 15.4. The van der Waals surface area contributed by atoms with Crippen LogP contribution in [0.5, 0.6) is 0 Å². The van der Waals surface area contributed by atoms with Gasteiger partial charge in [0.2, 0.25) is 5.78 Å². The van der Waals surface area contributed by atoms with Gasteiger partial charge in [-0.1, -0.05) is 42.1 Å². The normalized spacial score (nSPS) is 11.6. The van der Waals surface area contributed by atoms with E-state index in [2.05, 4.69) is 21.7 Å². The van der Waals surface area contributed by atoms with Crippen LogP contribution in [-0.4, -0.2) is 35.3 Å². The summed E-state index contributed by atoms with van der Waals surface area (Å²) in [6.45, 7) is 10.9. The van der Waals surface area contributed by atoms with Crippen molar-refractivity contribution in [1.82, 2.24) is 23.7 Å². The van der Waals surface area contributed by atoms with E-state index < -0.39 is 0 Å². The molecular weight excluding hydrogens is 458 g/mol. The van der Waals surface area contributed by atoms with Gasteiger partial charge in [-0.2, -0.15) is 0 Å². The van der Waals surface area contributed by atoms with E-state index in [1.807, 2.05) is 80.6 Å². The Morgan fingerprint density at radius 2 is 1.69 bits per heavy atom. The van der Waals surface area contributed by atoms with E-state index in [9.17, 15) is 9.59 Å². The number of benzene rings is 2. The highest BCUT2D eigenvalue weighted by molar-refractivity contribution is 7.99. The standard InChI is InChI=1S/C27H27N5O2S/c1-6-30-18(4)14-21(19(30)5)23(33)15-35-27-29-28-26-31(27)22-13-8-7-12-20(22)25(34)32(26)24-16(2)10-9-11-17(24)3/h7-14H,6,15H2,1-5H3. The van der Waals surface area contributed by atoms with Crippen LogP contribution >= 0.6 is 11.8 Å². The average molecular weight is 486 g/mol. The molecule has 0 aliphatic carbocycles. The Morgan fingerprint density at radius 1 is 0.971 bits per heavy atom. The molecule has 5 rings (SSSR count). The molecule has 0 saturated carbocycles. The highest BCUT2D eigenvalue weighted by Gasteiger charge is 2.21. The molecule has 0 radical (unpaired) electrons. The first kappa shape index (κ1) is 23.1. The Morgan fingerprint density at radius 3 is 2.37 bits per heavy atom. The van der Waals surface area contributed by atoms with Crippen molar-refractivity contribution in [2.24, 2.45) is 0 Å².